The number of halogens is 1. The number of methoxy groups -OCH3 is 1. The summed E-state index contributed by atoms with van der Waals surface area (Å²) in [4.78, 5) is 37.0. The van der Waals surface area contributed by atoms with Crippen LogP contribution in [0.25, 0.3) is 10.8 Å². The average molecular weight is 485 g/mol. The third kappa shape index (κ3) is 5.71. The average Bonchev–Trinajstić information content (AvgIpc) is 2.90. The standard InChI is InChI=1S/C27H20FN3O5/c1-35-21-13-6-18(7-14-21)27(34)36-24-15-8-17-4-2-3-5-22(17)23(24)16-29-31-26(33)25(32)30-20-11-9-19(28)10-12-20/h2-16H,1H3,(H,30,32)(H,31,33). The number of nitrogens with zero attached hydrogens (tertiary/aromatic N) is 1. The number of esters is 1. The number of anilines is 1. The number of carbonyl (C=O) groups excluding carboxylic acids is 3. The maximum absolute atomic E-state index is 13.0. The minimum absolute atomic E-state index is 0.211. The Hall–Kier alpha value is -5.05. The number of fused-ring (bicyclic) bond motifs is 1. The molecule has 0 saturated carbocycles. The smallest absolute Gasteiger partial charge is 0.343 e. The first-order valence-corrected chi connectivity index (χ1v) is 10.7. The van der Waals surface area contributed by atoms with Gasteiger partial charge in [0.1, 0.15) is 17.3 Å². The molecule has 0 heterocycles. The summed E-state index contributed by atoms with van der Waals surface area (Å²) < 4.78 is 23.7. The zero-order valence-electron chi connectivity index (χ0n) is 19.0. The monoisotopic (exact) mass is 485 g/mol. The van der Waals surface area contributed by atoms with Crippen LogP contribution in [-0.2, 0) is 9.59 Å². The van der Waals surface area contributed by atoms with Crippen molar-refractivity contribution < 1.29 is 28.2 Å². The van der Waals surface area contributed by atoms with Crippen LogP contribution in [0.15, 0.2) is 90.0 Å². The number of amides is 2. The fourth-order valence-corrected chi connectivity index (χ4v) is 3.31. The Morgan fingerprint density at radius 1 is 0.861 bits per heavy atom. The molecular formula is C27H20FN3O5. The van der Waals surface area contributed by atoms with Crippen molar-refractivity contribution in [1.29, 1.82) is 0 Å². The van der Waals surface area contributed by atoms with Gasteiger partial charge in [0.05, 0.1) is 18.9 Å². The highest BCUT2D eigenvalue weighted by Gasteiger charge is 2.15. The predicted octanol–water partition coefficient (Wildman–Crippen LogP) is 4.30. The van der Waals surface area contributed by atoms with Gasteiger partial charge in [-0.3, -0.25) is 9.59 Å². The second-order valence-electron chi connectivity index (χ2n) is 7.48. The van der Waals surface area contributed by atoms with E-state index in [1.807, 2.05) is 24.3 Å². The molecule has 4 aromatic carbocycles. The number of hydrogen-bond donors (Lipinski definition) is 2. The minimum Gasteiger partial charge on any atom is -0.497 e. The van der Waals surface area contributed by atoms with E-state index >= 15 is 0 Å². The number of carbonyl (C=O) groups is 3. The summed E-state index contributed by atoms with van der Waals surface area (Å²) in [7, 11) is 1.53. The van der Waals surface area contributed by atoms with Crippen LogP contribution < -0.4 is 20.2 Å². The Morgan fingerprint density at radius 2 is 1.58 bits per heavy atom. The quantitative estimate of drug-likeness (QED) is 0.139. The lowest BCUT2D eigenvalue weighted by molar-refractivity contribution is -0.136. The van der Waals surface area contributed by atoms with E-state index in [0.717, 1.165) is 17.5 Å². The first kappa shape index (κ1) is 24.1. The van der Waals surface area contributed by atoms with Crippen molar-refractivity contribution in [3.8, 4) is 11.5 Å². The largest absolute Gasteiger partial charge is 0.497 e. The first-order valence-electron chi connectivity index (χ1n) is 10.7. The van der Waals surface area contributed by atoms with Crippen LogP contribution in [0.5, 0.6) is 11.5 Å². The van der Waals surface area contributed by atoms with Crippen LogP contribution in [0.2, 0.25) is 0 Å². The first-order chi connectivity index (χ1) is 17.4. The number of benzene rings is 4. The SMILES string of the molecule is COc1ccc(C(=O)Oc2ccc3ccccc3c2C=NNC(=O)C(=O)Nc2ccc(F)cc2)cc1. The zero-order chi connectivity index (χ0) is 25.5. The van der Waals surface area contributed by atoms with Crippen molar-refractivity contribution in [2.24, 2.45) is 5.10 Å². The van der Waals surface area contributed by atoms with Crippen LogP contribution >= 0.6 is 0 Å². The highest BCUT2D eigenvalue weighted by molar-refractivity contribution is 6.39. The maximum Gasteiger partial charge on any atom is 0.343 e. The Balaban J connectivity index is 1.52. The van der Waals surface area contributed by atoms with Gasteiger partial charge in [-0.2, -0.15) is 5.10 Å². The van der Waals surface area contributed by atoms with E-state index in [4.69, 9.17) is 9.47 Å². The van der Waals surface area contributed by atoms with E-state index in [1.165, 1.54) is 25.5 Å². The Labute approximate surface area is 205 Å². The van der Waals surface area contributed by atoms with Gasteiger partial charge in [0.25, 0.3) is 0 Å². The minimum atomic E-state index is -1.03. The van der Waals surface area contributed by atoms with Crippen molar-refractivity contribution >= 4 is 40.5 Å². The molecule has 0 aliphatic carbocycles. The molecule has 8 nitrogen and oxygen atoms in total. The highest BCUT2D eigenvalue weighted by Crippen LogP contribution is 2.27. The number of nitrogens with one attached hydrogen (secondary N) is 2. The van der Waals surface area contributed by atoms with Crippen LogP contribution in [0, 0.1) is 5.82 Å². The number of ether oxygens (including phenoxy) is 2. The van der Waals surface area contributed by atoms with Crippen LogP contribution in [0.4, 0.5) is 10.1 Å². The van der Waals surface area contributed by atoms with E-state index < -0.39 is 23.6 Å². The van der Waals surface area contributed by atoms with Crippen LogP contribution in [0.3, 0.4) is 0 Å². The Bertz CT molecular complexity index is 1450. The van der Waals surface area contributed by atoms with Gasteiger partial charge in [-0.25, -0.2) is 14.6 Å². The van der Waals surface area contributed by atoms with Gasteiger partial charge in [-0.1, -0.05) is 30.3 Å². The van der Waals surface area contributed by atoms with E-state index in [2.05, 4.69) is 15.8 Å². The molecule has 0 fully saturated rings. The van der Waals surface area contributed by atoms with Gasteiger partial charge in [-0.15, -0.1) is 0 Å². The summed E-state index contributed by atoms with van der Waals surface area (Å²) in [6.45, 7) is 0. The van der Waals surface area contributed by atoms with Gasteiger partial charge in [0.2, 0.25) is 0 Å². The molecule has 9 heteroatoms. The molecule has 0 saturated heterocycles. The summed E-state index contributed by atoms with van der Waals surface area (Å²) in [5.41, 5.74) is 3.14. The van der Waals surface area contributed by atoms with Gasteiger partial charge >= 0.3 is 17.8 Å². The normalized spacial score (nSPS) is 10.7. The molecule has 0 spiro atoms. The van der Waals surface area contributed by atoms with Gasteiger partial charge in [0, 0.05) is 11.3 Å². The molecule has 0 aliphatic rings. The zero-order valence-corrected chi connectivity index (χ0v) is 19.0. The van der Waals surface area contributed by atoms with Crippen molar-refractivity contribution in [1.82, 2.24) is 5.43 Å². The highest BCUT2D eigenvalue weighted by atomic mass is 19.1. The summed E-state index contributed by atoms with van der Waals surface area (Å²) in [5, 5.41) is 7.78. The third-order valence-corrected chi connectivity index (χ3v) is 5.13. The van der Waals surface area contributed by atoms with Crippen molar-refractivity contribution in [3.63, 3.8) is 0 Å². The molecule has 4 aromatic rings. The maximum atomic E-state index is 13.0. The molecule has 0 bridgehead atoms. The molecule has 0 atom stereocenters. The molecule has 180 valence electrons. The van der Waals surface area contributed by atoms with E-state index in [0.29, 0.717) is 22.3 Å². The molecular weight excluding hydrogens is 465 g/mol. The fraction of sp³-hybridized carbons (Fsp3) is 0.0370. The summed E-state index contributed by atoms with van der Waals surface area (Å²) >= 11 is 0. The van der Waals surface area contributed by atoms with Crippen LogP contribution in [-0.4, -0.2) is 31.1 Å². The molecule has 0 unspecified atom stereocenters. The Morgan fingerprint density at radius 3 is 2.31 bits per heavy atom. The van der Waals surface area contributed by atoms with E-state index in [1.54, 1.807) is 36.4 Å². The molecule has 4 rings (SSSR count). The molecule has 0 radical (unpaired) electrons. The van der Waals surface area contributed by atoms with E-state index in [-0.39, 0.29) is 11.4 Å². The second-order valence-corrected chi connectivity index (χ2v) is 7.48. The second kappa shape index (κ2) is 10.9. The lowest BCUT2D eigenvalue weighted by atomic mass is 10.0. The van der Waals surface area contributed by atoms with Crippen molar-refractivity contribution in [2.75, 3.05) is 12.4 Å². The van der Waals surface area contributed by atoms with Gasteiger partial charge < -0.3 is 14.8 Å². The van der Waals surface area contributed by atoms with Gasteiger partial charge in [-0.05, 0) is 65.4 Å². The number of hydrazone groups is 1. The summed E-state index contributed by atoms with van der Waals surface area (Å²) in [6.07, 6.45) is 1.29. The molecule has 0 aliphatic heterocycles. The molecule has 2 amide bonds. The summed E-state index contributed by atoms with van der Waals surface area (Å²) in [5.74, 6) is -2.27. The molecule has 36 heavy (non-hydrogen) atoms. The fourth-order valence-electron chi connectivity index (χ4n) is 3.31. The Kier molecular flexibility index (Phi) is 7.30. The van der Waals surface area contributed by atoms with Crippen LogP contribution in [0.1, 0.15) is 15.9 Å². The predicted molar refractivity (Wildman–Crippen MR) is 133 cm³/mol. The van der Waals surface area contributed by atoms with Crippen molar-refractivity contribution in [3.05, 3.63) is 102 Å². The number of rotatable bonds is 6. The lowest BCUT2D eigenvalue weighted by Crippen LogP contribution is -2.32. The lowest BCUT2D eigenvalue weighted by Gasteiger charge is -2.11. The molecule has 2 N–H and O–H groups in total. The topological polar surface area (TPSA) is 106 Å². The van der Waals surface area contributed by atoms with Crippen molar-refractivity contribution in [2.45, 2.75) is 0 Å². The van der Waals surface area contributed by atoms with E-state index in [9.17, 15) is 18.8 Å². The summed E-state index contributed by atoms with van der Waals surface area (Å²) in [6, 6.07) is 22.2. The van der Waals surface area contributed by atoms with Gasteiger partial charge in [0.15, 0.2) is 0 Å². The number of hydrogen-bond acceptors (Lipinski definition) is 6. The third-order valence-electron chi connectivity index (χ3n) is 5.13. The molecule has 0 aromatic heterocycles.